The molecular weight excluding hydrogens is 357 g/mol. The maximum Gasteiger partial charge on any atom is 0.243 e. The predicted molar refractivity (Wildman–Crippen MR) is 96.3 cm³/mol. The Bertz CT molecular complexity index is 892. The minimum atomic E-state index is -3.61. The van der Waals surface area contributed by atoms with Crippen LogP contribution in [0.2, 0.25) is 0 Å². The highest BCUT2D eigenvalue weighted by atomic mass is 32.2. The molecule has 6 nitrogen and oxygen atoms in total. The summed E-state index contributed by atoms with van der Waals surface area (Å²) < 4.78 is 40.9. The standard InChI is InChI=1S/C18H20FN3O3S/c1-14(23)20-15-6-8-16(9-7-15)26(24,25)22-12-10-21(11-13-22)18-5-3-2-4-17(18)19/h2-9H,10-13H2,1H3,(H,20,23)/p+1. The van der Waals surface area contributed by atoms with Crippen LogP contribution in [0.3, 0.4) is 0 Å². The third-order valence-corrected chi connectivity index (χ3v) is 6.31. The van der Waals surface area contributed by atoms with Gasteiger partial charge in [-0.15, -0.1) is 0 Å². The lowest BCUT2D eigenvalue weighted by Gasteiger charge is -2.31. The molecule has 1 amide bonds. The Morgan fingerprint density at radius 3 is 2.27 bits per heavy atom. The molecule has 1 aliphatic rings. The van der Waals surface area contributed by atoms with Crippen LogP contribution in [0.5, 0.6) is 0 Å². The first kappa shape index (κ1) is 18.5. The van der Waals surface area contributed by atoms with E-state index in [0.717, 1.165) is 4.90 Å². The van der Waals surface area contributed by atoms with Gasteiger partial charge in [0.05, 0.1) is 31.1 Å². The molecule has 2 aromatic carbocycles. The van der Waals surface area contributed by atoms with Crippen LogP contribution in [0.25, 0.3) is 0 Å². The Hall–Kier alpha value is -2.29. The fraction of sp³-hybridized carbons (Fsp3) is 0.278. The number of benzene rings is 2. The van der Waals surface area contributed by atoms with Crippen molar-refractivity contribution >= 4 is 27.3 Å². The molecule has 138 valence electrons. The molecule has 2 N–H and O–H groups in total. The molecule has 3 rings (SSSR count). The predicted octanol–water partition coefficient (Wildman–Crippen LogP) is 1.01. The van der Waals surface area contributed by atoms with Gasteiger partial charge in [0.2, 0.25) is 15.9 Å². The summed E-state index contributed by atoms with van der Waals surface area (Å²) in [6.07, 6.45) is 0. The van der Waals surface area contributed by atoms with Crippen molar-refractivity contribution in [3.8, 4) is 0 Å². The zero-order chi connectivity index (χ0) is 18.7. The Kier molecular flexibility index (Phi) is 5.36. The number of carbonyl (C=O) groups is 1. The minimum Gasteiger partial charge on any atom is -0.326 e. The van der Waals surface area contributed by atoms with Gasteiger partial charge in [-0.25, -0.2) is 12.8 Å². The second kappa shape index (κ2) is 7.53. The van der Waals surface area contributed by atoms with Gasteiger partial charge in [-0.3, -0.25) is 9.69 Å². The number of amides is 1. The average Bonchev–Trinajstić information content (AvgIpc) is 2.62. The van der Waals surface area contributed by atoms with Crippen LogP contribution in [0, 0.1) is 5.82 Å². The zero-order valence-electron chi connectivity index (χ0n) is 14.4. The van der Waals surface area contributed by atoms with E-state index in [2.05, 4.69) is 5.32 Å². The van der Waals surface area contributed by atoms with Gasteiger partial charge in [0.15, 0.2) is 11.5 Å². The highest BCUT2D eigenvalue weighted by molar-refractivity contribution is 7.89. The summed E-state index contributed by atoms with van der Waals surface area (Å²) in [5.74, 6) is -0.486. The molecule has 1 saturated heterocycles. The van der Waals surface area contributed by atoms with E-state index < -0.39 is 10.0 Å². The van der Waals surface area contributed by atoms with Gasteiger partial charge in [0, 0.05) is 18.7 Å². The molecule has 1 fully saturated rings. The van der Waals surface area contributed by atoms with Crippen LogP contribution < -0.4 is 10.2 Å². The van der Waals surface area contributed by atoms with Gasteiger partial charge >= 0.3 is 0 Å². The van der Waals surface area contributed by atoms with E-state index in [0.29, 0.717) is 37.6 Å². The molecular formula is C18H21FN3O3S+. The van der Waals surface area contributed by atoms with E-state index in [1.165, 1.54) is 29.4 Å². The van der Waals surface area contributed by atoms with Crippen LogP contribution in [0.4, 0.5) is 15.8 Å². The summed E-state index contributed by atoms with van der Waals surface area (Å²) >= 11 is 0. The zero-order valence-corrected chi connectivity index (χ0v) is 15.2. The number of carbonyl (C=O) groups excluding carboxylic acids is 1. The number of hydrogen-bond acceptors (Lipinski definition) is 3. The summed E-state index contributed by atoms with van der Waals surface area (Å²) in [5.41, 5.74) is 1.12. The quantitative estimate of drug-likeness (QED) is 0.834. The number of quaternary nitrogens is 1. The molecule has 0 atom stereocenters. The second-order valence-electron chi connectivity index (χ2n) is 6.19. The van der Waals surface area contributed by atoms with Crippen molar-refractivity contribution in [2.75, 3.05) is 31.5 Å². The lowest BCUT2D eigenvalue weighted by molar-refractivity contribution is -0.838. The number of rotatable bonds is 4. The second-order valence-corrected chi connectivity index (χ2v) is 8.13. The van der Waals surface area contributed by atoms with Crippen molar-refractivity contribution < 1.29 is 22.5 Å². The van der Waals surface area contributed by atoms with Crippen LogP contribution >= 0.6 is 0 Å². The van der Waals surface area contributed by atoms with E-state index in [4.69, 9.17) is 0 Å². The van der Waals surface area contributed by atoms with Crippen molar-refractivity contribution in [3.63, 3.8) is 0 Å². The number of hydrogen-bond donors (Lipinski definition) is 2. The van der Waals surface area contributed by atoms with E-state index in [-0.39, 0.29) is 16.6 Å². The van der Waals surface area contributed by atoms with E-state index in [1.807, 2.05) is 0 Å². The summed E-state index contributed by atoms with van der Waals surface area (Å²) in [6, 6.07) is 12.7. The summed E-state index contributed by atoms with van der Waals surface area (Å²) in [4.78, 5) is 12.2. The van der Waals surface area contributed by atoms with E-state index in [1.54, 1.807) is 30.3 Å². The molecule has 0 saturated carbocycles. The third kappa shape index (κ3) is 3.92. The van der Waals surface area contributed by atoms with Crippen LogP contribution in [-0.2, 0) is 14.8 Å². The lowest BCUT2D eigenvalue weighted by Crippen LogP contribution is -3.10. The highest BCUT2D eigenvalue weighted by Crippen LogP contribution is 2.19. The van der Waals surface area contributed by atoms with Crippen LogP contribution in [0.1, 0.15) is 6.92 Å². The van der Waals surface area contributed by atoms with Crippen molar-refractivity contribution in [1.82, 2.24) is 4.31 Å². The molecule has 0 aromatic heterocycles. The molecule has 1 heterocycles. The van der Waals surface area contributed by atoms with Gasteiger partial charge in [0.1, 0.15) is 0 Å². The number of nitrogens with zero attached hydrogens (tertiary/aromatic N) is 1. The fourth-order valence-electron chi connectivity index (χ4n) is 3.08. The number of para-hydroxylation sites is 1. The smallest absolute Gasteiger partial charge is 0.243 e. The average molecular weight is 378 g/mol. The van der Waals surface area contributed by atoms with Crippen molar-refractivity contribution in [2.24, 2.45) is 0 Å². The first-order valence-electron chi connectivity index (χ1n) is 8.35. The monoisotopic (exact) mass is 378 g/mol. The number of sulfonamides is 1. The summed E-state index contributed by atoms with van der Waals surface area (Å²) in [7, 11) is -3.61. The fourth-order valence-corrected chi connectivity index (χ4v) is 4.52. The van der Waals surface area contributed by atoms with E-state index in [9.17, 15) is 17.6 Å². The van der Waals surface area contributed by atoms with Crippen LogP contribution in [0.15, 0.2) is 53.4 Å². The highest BCUT2D eigenvalue weighted by Gasteiger charge is 2.31. The normalized spacial score (nSPS) is 16.4. The Morgan fingerprint density at radius 2 is 1.69 bits per heavy atom. The lowest BCUT2D eigenvalue weighted by atomic mass is 10.2. The number of anilines is 1. The first-order valence-corrected chi connectivity index (χ1v) is 9.79. The van der Waals surface area contributed by atoms with Crippen LogP contribution in [-0.4, -0.2) is 44.8 Å². The molecule has 0 spiro atoms. The molecule has 2 aromatic rings. The maximum absolute atomic E-state index is 13.9. The molecule has 26 heavy (non-hydrogen) atoms. The molecule has 0 unspecified atom stereocenters. The SMILES string of the molecule is CC(=O)Nc1ccc(S(=O)(=O)N2CC[NH+](c3ccccc3F)CC2)cc1. The number of nitrogens with one attached hydrogen (secondary N) is 2. The van der Waals surface area contributed by atoms with Gasteiger partial charge < -0.3 is 5.32 Å². The maximum atomic E-state index is 13.9. The van der Waals surface area contributed by atoms with Gasteiger partial charge in [-0.2, -0.15) is 4.31 Å². The van der Waals surface area contributed by atoms with E-state index >= 15 is 0 Å². The van der Waals surface area contributed by atoms with Gasteiger partial charge in [-0.05, 0) is 30.3 Å². The minimum absolute atomic E-state index is 0.181. The first-order chi connectivity index (χ1) is 12.4. The van der Waals surface area contributed by atoms with Gasteiger partial charge in [-0.1, -0.05) is 12.1 Å². The Morgan fingerprint density at radius 1 is 1.08 bits per heavy atom. The summed E-state index contributed by atoms with van der Waals surface area (Å²) in [6.45, 7) is 3.04. The number of halogens is 1. The molecule has 0 aliphatic carbocycles. The molecule has 0 radical (unpaired) electrons. The largest absolute Gasteiger partial charge is 0.326 e. The van der Waals surface area contributed by atoms with Gasteiger partial charge in [0.25, 0.3) is 0 Å². The molecule has 0 bridgehead atoms. The number of piperazine rings is 1. The summed E-state index contributed by atoms with van der Waals surface area (Å²) in [5, 5.41) is 2.61. The van der Waals surface area contributed by atoms with Crippen molar-refractivity contribution in [2.45, 2.75) is 11.8 Å². The van der Waals surface area contributed by atoms with Crippen molar-refractivity contribution in [1.29, 1.82) is 0 Å². The molecule has 8 heteroatoms. The van der Waals surface area contributed by atoms with Crippen molar-refractivity contribution in [3.05, 3.63) is 54.3 Å². The third-order valence-electron chi connectivity index (χ3n) is 4.39. The Balaban J connectivity index is 1.70. The Labute approximate surface area is 152 Å². The molecule has 1 aliphatic heterocycles. The topological polar surface area (TPSA) is 70.9 Å².